The summed E-state index contributed by atoms with van der Waals surface area (Å²) in [5.74, 6) is 0.102. The van der Waals surface area contributed by atoms with Crippen molar-refractivity contribution in [3.8, 4) is 0 Å². The van der Waals surface area contributed by atoms with Gasteiger partial charge in [-0.05, 0) is 34.0 Å². The van der Waals surface area contributed by atoms with Crippen molar-refractivity contribution in [1.82, 2.24) is 5.32 Å². The van der Waals surface area contributed by atoms with Gasteiger partial charge in [0.25, 0.3) is 11.6 Å². The van der Waals surface area contributed by atoms with Gasteiger partial charge in [0.15, 0.2) is 0 Å². The molecular formula is C12H15BrN2O3. The van der Waals surface area contributed by atoms with E-state index >= 15 is 0 Å². The number of amides is 1. The summed E-state index contributed by atoms with van der Waals surface area (Å²) >= 11 is 3.08. The molecule has 0 aliphatic heterocycles. The standard InChI is InChI=1S/C12H15BrN2O3/c1-3-8(2)7-14-12(16)9-4-5-10(13)11(6-9)15(17)18/h4-6,8H,3,7H2,1-2H3,(H,14,16). The Morgan fingerprint density at radius 3 is 2.78 bits per heavy atom. The van der Waals surface area contributed by atoms with Gasteiger partial charge in [0.2, 0.25) is 0 Å². The first kappa shape index (κ1) is 14.6. The van der Waals surface area contributed by atoms with Gasteiger partial charge in [-0.15, -0.1) is 0 Å². The lowest BCUT2D eigenvalue weighted by Gasteiger charge is -2.10. The molecule has 0 fully saturated rings. The third-order valence-electron chi connectivity index (χ3n) is 2.71. The summed E-state index contributed by atoms with van der Waals surface area (Å²) in [4.78, 5) is 22.0. The predicted molar refractivity (Wildman–Crippen MR) is 72.6 cm³/mol. The maximum atomic E-state index is 11.8. The summed E-state index contributed by atoms with van der Waals surface area (Å²) in [5.41, 5.74) is 0.194. The van der Waals surface area contributed by atoms with Crippen LogP contribution in [0.25, 0.3) is 0 Å². The van der Waals surface area contributed by atoms with Crippen molar-refractivity contribution in [1.29, 1.82) is 0 Å². The molecule has 0 bridgehead atoms. The van der Waals surface area contributed by atoms with Crippen molar-refractivity contribution in [3.63, 3.8) is 0 Å². The zero-order chi connectivity index (χ0) is 13.7. The Morgan fingerprint density at radius 2 is 2.22 bits per heavy atom. The summed E-state index contributed by atoms with van der Waals surface area (Å²) in [6.07, 6.45) is 0.973. The molecule has 0 heterocycles. The van der Waals surface area contributed by atoms with Crippen LogP contribution >= 0.6 is 15.9 Å². The molecule has 0 aliphatic rings. The maximum Gasteiger partial charge on any atom is 0.284 e. The first-order valence-corrected chi connectivity index (χ1v) is 6.47. The topological polar surface area (TPSA) is 72.2 Å². The molecule has 98 valence electrons. The lowest BCUT2D eigenvalue weighted by atomic mass is 10.1. The second kappa shape index (κ2) is 6.49. The highest BCUT2D eigenvalue weighted by molar-refractivity contribution is 9.10. The van der Waals surface area contributed by atoms with E-state index in [2.05, 4.69) is 21.2 Å². The van der Waals surface area contributed by atoms with Crippen molar-refractivity contribution in [2.75, 3.05) is 6.54 Å². The Balaban J connectivity index is 2.80. The molecule has 1 unspecified atom stereocenters. The number of nitrogens with one attached hydrogen (secondary N) is 1. The number of halogens is 1. The van der Waals surface area contributed by atoms with Crippen molar-refractivity contribution >= 4 is 27.5 Å². The van der Waals surface area contributed by atoms with E-state index in [0.29, 0.717) is 22.5 Å². The van der Waals surface area contributed by atoms with Crippen LogP contribution in [-0.2, 0) is 0 Å². The molecule has 18 heavy (non-hydrogen) atoms. The first-order valence-electron chi connectivity index (χ1n) is 5.67. The second-order valence-corrected chi connectivity index (χ2v) is 5.00. The summed E-state index contributed by atoms with van der Waals surface area (Å²) < 4.78 is 0.367. The maximum absolute atomic E-state index is 11.8. The minimum atomic E-state index is -0.518. The highest BCUT2D eigenvalue weighted by Crippen LogP contribution is 2.25. The minimum Gasteiger partial charge on any atom is -0.352 e. The van der Waals surface area contributed by atoms with E-state index in [1.165, 1.54) is 12.1 Å². The molecule has 6 heteroatoms. The normalized spacial score (nSPS) is 11.9. The van der Waals surface area contributed by atoms with E-state index in [4.69, 9.17) is 0 Å². The fourth-order valence-electron chi connectivity index (χ4n) is 1.31. The van der Waals surface area contributed by atoms with Crippen LogP contribution in [0.1, 0.15) is 30.6 Å². The van der Waals surface area contributed by atoms with Crippen LogP contribution in [-0.4, -0.2) is 17.4 Å². The number of benzene rings is 1. The average molecular weight is 315 g/mol. The van der Waals surface area contributed by atoms with Gasteiger partial charge < -0.3 is 5.32 Å². The van der Waals surface area contributed by atoms with E-state index < -0.39 is 4.92 Å². The van der Waals surface area contributed by atoms with Gasteiger partial charge in [-0.3, -0.25) is 14.9 Å². The van der Waals surface area contributed by atoms with Crippen LogP contribution in [0.3, 0.4) is 0 Å². The highest BCUT2D eigenvalue weighted by atomic mass is 79.9. The number of nitro benzene ring substituents is 1. The SMILES string of the molecule is CCC(C)CNC(=O)c1ccc(Br)c([N+](=O)[O-])c1. The van der Waals surface area contributed by atoms with Crippen LogP contribution in [0.4, 0.5) is 5.69 Å². The number of hydrogen-bond acceptors (Lipinski definition) is 3. The monoisotopic (exact) mass is 314 g/mol. The molecule has 1 aromatic carbocycles. The third kappa shape index (κ3) is 3.80. The van der Waals surface area contributed by atoms with Gasteiger partial charge in [-0.1, -0.05) is 20.3 Å². The summed E-state index contributed by atoms with van der Waals surface area (Å²) in [6.45, 7) is 4.64. The van der Waals surface area contributed by atoms with E-state index in [1.807, 2.05) is 13.8 Å². The second-order valence-electron chi connectivity index (χ2n) is 4.15. The molecule has 1 N–H and O–H groups in total. The quantitative estimate of drug-likeness (QED) is 0.670. The largest absolute Gasteiger partial charge is 0.352 e. The van der Waals surface area contributed by atoms with Crippen LogP contribution in [0.2, 0.25) is 0 Å². The number of rotatable bonds is 5. The third-order valence-corrected chi connectivity index (χ3v) is 3.38. The average Bonchev–Trinajstić information content (AvgIpc) is 2.35. The number of nitrogens with zero attached hydrogens (tertiary/aromatic N) is 1. The number of carbonyl (C=O) groups excluding carboxylic acids is 1. The molecule has 0 saturated carbocycles. The van der Waals surface area contributed by atoms with Crippen molar-refractivity contribution in [2.24, 2.45) is 5.92 Å². The van der Waals surface area contributed by atoms with E-state index in [0.717, 1.165) is 6.42 Å². The Kier molecular flexibility index (Phi) is 5.27. The molecule has 0 aliphatic carbocycles. The molecule has 0 aromatic heterocycles. The van der Waals surface area contributed by atoms with Crippen molar-refractivity contribution in [2.45, 2.75) is 20.3 Å². The van der Waals surface area contributed by atoms with Crippen molar-refractivity contribution < 1.29 is 9.72 Å². The van der Waals surface area contributed by atoms with Gasteiger partial charge in [0, 0.05) is 18.2 Å². The van der Waals surface area contributed by atoms with Crippen LogP contribution in [0.15, 0.2) is 22.7 Å². The van der Waals surface area contributed by atoms with Crippen molar-refractivity contribution in [3.05, 3.63) is 38.3 Å². The van der Waals surface area contributed by atoms with Gasteiger partial charge >= 0.3 is 0 Å². The Labute approximate surface area is 114 Å². The molecular weight excluding hydrogens is 300 g/mol. The van der Waals surface area contributed by atoms with Crippen LogP contribution in [0.5, 0.6) is 0 Å². The van der Waals surface area contributed by atoms with Gasteiger partial charge in [0.1, 0.15) is 0 Å². The molecule has 0 radical (unpaired) electrons. The molecule has 1 rings (SSSR count). The van der Waals surface area contributed by atoms with Gasteiger partial charge in [-0.2, -0.15) is 0 Å². The summed E-state index contributed by atoms with van der Waals surface area (Å²) in [6, 6.07) is 4.34. The number of nitro groups is 1. The minimum absolute atomic E-state index is 0.105. The molecule has 1 amide bonds. The number of hydrogen-bond donors (Lipinski definition) is 1. The first-order chi connectivity index (χ1) is 8.45. The van der Waals surface area contributed by atoms with E-state index in [9.17, 15) is 14.9 Å². The smallest absolute Gasteiger partial charge is 0.284 e. The summed E-state index contributed by atoms with van der Waals surface area (Å²) in [5, 5.41) is 13.5. The zero-order valence-electron chi connectivity index (χ0n) is 10.3. The highest BCUT2D eigenvalue weighted by Gasteiger charge is 2.15. The lowest BCUT2D eigenvalue weighted by Crippen LogP contribution is -2.28. The van der Waals surface area contributed by atoms with Crippen LogP contribution < -0.4 is 5.32 Å². The lowest BCUT2D eigenvalue weighted by molar-refractivity contribution is -0.385. The van der Waals surface area contributed by atoms with E-state index in [-0.39, 0.29) is 11.6 Å². The molecule has 5 nitrogen and oxygen atoms in total. The van der Waals surface area contributed by atoms with E-state index in [1.54, 1.807) is 6.07 Å². The number of carbonyl (C=O) groups is 1. The van der Waals surface area contributed by atoms with Gasteiger partial charge in [-0.25, -0.2) is 0 Å². The Morgan fingerprint density at radius 1 is 1.56 bits per heavy atom. The Bertz CT molecular complexity index is 463. The fourth-order valence-corrected chi connectivity index (χ4v) is 1.70. The Hall–Kier alpha value is -1.43. The molecule has 0 spiro atoms. The van der Waals surface area contributed by atoms with Crippen LogP contribution in [0, 0.1) is 16.0 Å². The molecule has 1 atom stereocenters. The molecule has 1 aromatic rings. The predicted octanol–water partition coefficient (Wildman–Crippen LogP) is 3.13. The van der Waals surface area contributed by atoms with Gasteiger partial charge in [0.05, 0.1) is 9.40 Å². The fraction of sp³-hybridized carbons (Fsp3) is 0.417. The molecule has 0 saturated heterocycles. The summed E-state index contributed by atoms with van der Waals surface area (Å²) in [7, 11) is 0. The zero-order valence-corrected chi connectivity index (χ0v) is 11.9.